The number of carbonyl (C=O) groups is 1. The van der Waals surface area contributed by atoms with Crippen LogP contribution in [-0.4, -0.2) is 31.3 Å². The molecule has 0 fully saturated rings. The maximum absolute atomic E-state index is 12.5. The molecule has 2 heterocycles. The lowest BCUT2D eigenvalue weighted by atomic mass is 10.1. The lowest BCUT2D eigenvalue weighted by Crippen LogP contribution is -2.04. The van der Waals surface area contributed by atoms with Crippen LogP contribution in [-0.2, 0) is 9.53 Å². The van der Waals surface area contributed by atoms with E-state index in [-0.39, 0.29) is 5.97 Å². The van der Waals surface area contributed by atoms with Gasteiger partial charge in [-0.3, -0.25) is 4.79 Å². The van der Waals surface area contributed by atoms with E-state index in [0.29, 0.717) is 36.7 Å². The fraction of sp³-hybridized carbons (Fsp3) is 0.500. The van der Waals surface area contributed by atoms with E-state index in [2.05, 4.69) is 4.98 Å². The number of aromatic nitrogens is 1. The van der Waals surface area contributed by atoms with E-state index in [1.54, 1.807) is 25.4 Å². The van der Waals surface area contributed by atoms with E-state index >= 15 is 0 Å². The van der Waals surface area contributed by atoms with Gasteiger partial charge >= 0.3 is 11.6 Å². The van der Waals surface area contributed by atoms with Crippen molar-refractivity contribution in [3.05, 3.63) is 53.0 Å². The summed E-state index contributed by atoms with van der Waals surface area (Å²) in [6.07, 6.45) is 13.7. The van der Waals surface area contributed by atoms with Crippen LogP contribution >= 0.6 is 0 Å². The number of rotatable bonds is 17. The number of methoxy groups -OCH3 is 1. The second-order valence-corrected chi connectivity index (χ2v) is 9.19. The van der Waals surface area contributed by atoms with Crippen molar-refractivity contribution in [1.29, 1.82) is 0 Å². The van der Waals surface area contributed by atoms with Gasteiger partial charge in [0.05, 0.1) is 25.9 Å². The smallest absolute Gasteiger partial charge is 0.344 e. The van der Waals surface area contributed by atoms with Crippen molar-refractivity contribution in [1.82, 2.24) is 4.98 Å². The Morgan fingerprint density at radius 1 is 0.865 bits per heavy atom. The van der Waals surface area contributed by atoms with Crippen molar-refractivity contribution in [2.75, 3.05) is 20.3 Å². The summed E-state index contributed by atoms with van der Waals surface area (Å²) in [5.74, 6) is 1.10. The molecule has 0 radical (unpaired) electrons. The molecule has 3 aromatic rings. The van der Waals surface area contributed by atoms with Gasteiger partial charge < -0.3 is 18.6 Å². The second-order valence-electron chi connectivity index (χ2n) is 9.19. The molecule has 37 heavy (non-hydrogen) atoms. The van der Waals surface area contributed by atoms with Crippen LogP contribution in [0.15, 0.2) is 51.8 Å². The highest BCUT2D eigenvalue weighted by molar-refractivity contribution is 5.81. The standard InChI is InChI=1S/C30H39NO6/c1-3-29(32)36-19-13-11-9-7-5-4-6-8-10-12-18-35-28-21-27-24(22-31-28)20-26(30(33)37-27)23-14-16-25(34-2)17-15-23/h14-17,20-22H,3-13,18-19H2,1-2H3. The molecule has 0 amide bonds. The van der Waals surface area contributed by atoms with Crippen molar-refractivity contribution in [2.45, 2.75) is 77.6 Å². The predicted molar refractivity (Wildman–Crippen MR) is 145 cm³/mol. The van der Waals surface area contributed by atoms with Crippen LogP contribution < -0.4 is 15.1 Å². The van der Waals surface area contributed by atoms with Crippen molar-refractivity contribution in [3.8, 4) is 22.8 Å². The molecule has 0 aliphatic heterocycles. The molecule has 3 rings (SSSR count). The molecule has 0 saturated carbocycles. The van der Waals surface area contributed by atoms with Gasteiger partial charge in [-0.2, -0.15) is 0 Å². The number of benzene rings is 1. The first-order valence-corrected chi connectivity index (χ1v) is 13.5. The summed E-state index contributed by atoms with van der Waals surface area (Å²) in [5, 5.41) is 0.748. The number of carbonyl (C=O) groups excluding carboxylic acids is 1. The number of esters is 1. The molecule has 0 aliphatic rings. The third-order valence-corrected chi connectivity index (χ3v) is 6.33. The van der Waals surface area contributed by atoms with Gasteiger partial charge in [-0.15, -0.1) is 0 Å². The summed E-state index contributed by atoms with van der Waals surface area (Å²) in [4.78, 5) is 28.0. The Morgan fingerprint density at radius 2 is 1.49 bits per heavy atom. The minimum absolute atomic E-state index is 0.105. The maximum atomic E-state index is 12.5. The van der Waals surface area contributed by atoms with Gasteiger partial charge in [-0.05, 0) is 36.6 Å². The Labute approximate surface area is 219 Å². The Balaban J connectivity index is 1.29. The number of nitrogens with zero attached hydrogens (tertiary/aromatic N) is 1. The number of ether oxygens (including phenoxy) is 3. The number of pyridine rings is 1. The molecule has 0 atom stereocenters. The molecule has 0 spiro atoms. The lowest BCUT2D eigenvalue weighted by Gasteiger charge is -2.07. The summed E-state index contributed by atoms with van der Waals surface area (Å²) in [6.45, 7) is 2.97. The first kappa shape index (κ1) is 28.2. The van der Waals surface area contributed by atoms with Gasteiger partial charge in [0.2, 0.25) is 5.88 Å². The first-order valence-electron chi connectivity index (χ1n) is 13.5. The molecule has 0 bridgehead atoms. The topological polar surface area (TPSA) is 87.9 Å². The number of fused-ring (bicyclic) bond motifs is 1. The van der Waals surface area contributed by atoms with Gasteiger partial charge in [0.25, 0.3) is 0 Å². The van der Waals surface area contributed by atoms with E-state index in [4.69, 9.17) is 18.6 Å². The average molecular weight is 510 g/mol. The van der Waals surface area contributed by atoms with Crippen LogP contribution in [0.2, 0.25) is 0 Å². The molecular formula is C30H39NO6. The number of hydrogen-bond acceptors (Lipinski definition) is 7. The molecule has 2 aromatic heterocycles. The summed E-state index contributed by atoms with van der Waals surface area (Å²) in [7, 11) is 1.61. The predicted octanol–water partition coefficient (Wildman–Crippen LogP) is 7.10. The summed E-state index contributed by atoms with van der Waals surface area (Å²) in [5.41, 5.74) is 1.32. The van der Waals surface area contributed by atoms with E-state index in [9.17, 15) is 9.59 Å². The maximum Gasteiger partial charge on any atom is 0.344 e. The Hall–Kier alpha value is -3.35. The fourth-order valence-electron chi connectivity index (χ4n) is 4.13. The number of hydrogen-bond donors (Lipinski definition) is 0. The first-order chi connectivity index (χ1) is 18.1. The van der Waals surface area contributed by atoms with Gasteiger partial charge in [0, 0.05) is 24.1 Å². The highest BCUT2D eigenvalue weighted by atomic mass is 16.5. The quantitative estimate of drug-likeness (QED) is 0.142. The van der Waals surface area contributed by atoms with Crippen molar-refractivity contribution in [2.24, 2.45) is 0 Å². The largest absolute Gasteiger partial charge is 0.497 e. The summed E-state index contributed by atoms with van der Waals surface area (Å²) >= 11 is 0. The molecule has 200 valence electrons. The van der Waals surface area contributed by atoms with Gasteiger partial charge in [0.15, 0.2) is 0 Å². The Morgan fingerprint density at radius 3 is 2.11 bits per heavy atom. The zero-order valence-corrected chi connectivity index (χ0v) is 22.1. The van der Waals surface area contributed by atoms with Crippen LogP contribution in [0.1, 0.15) is 77.6 Å². The zero-order valence-electron chi connectivity index (χ0n) is 22.1. The van der Waals surface area contributed by atoms with Crippen LogP contribution in [0.4, 0.5) is 0 Å². The van der Waals surface area contributed by atoms with Gasteiger partial charge in [0.1, 0.15) is 11.3 Å². The normalized spacial score (nSPS) is 11.0. The van der Waals surface area contributed by atoms with Gasteiger partial charge in [-0.25, -0.2) is 9.78 Å². The fourth-order valence-corrected chi connectivity index (χ4v) is 4.13. The molecule has 0 aliphatic carbocycles. The molecule has 7 nitrogen and oxygen atoms in total. The van der Waals surface area contributed by atoms with E-state index in [0.717, 1.165) is 42.4 Å². The molecule has 0 N–H and O–H groups in total. The molecule has 0 unspecified atom stereocenters. The van der Waals surface area contributed by atoms with Gasteiger partial charge in [-0.1, -0.05) is 70.4 Å². The molecule has 7 heteroatoms. The van der Waals surface area contributed by atoms with Crippen LogP contribution in [0.5, 0.6) is 11.6 Å². The van der Waals surface area contributed by atoms with E-state index in [1.807, 2.05) is 31.2 Å². The summed E-state index contributed by atoms with van der Waals surface area (Å²) < 4.78 is 21.6. The zero-order chi connectivity index (χ0) is 26.3. The van der Waals surface area contributed by atoms with E-state index < -0.39 is 5.63 Å². The monoisotopic (exact) mass is 509 g/mol. The van der Waals surface area contributed by atoms with Crippen molar-refractivity contribution >= 4 is 16.9 Å². The summed E-state index contributed by atoms with van der Waals surface area (Å²) in [6, 6.07) is 10.8. The molecular weight excluding hydrogens is 470 g/mol. The SMILES string of the molecule is CCC(=O)OCCCCCCCCCCCCOc1cc2oc(=O)c(-c3ccc(OC)cc3)cc2cn1. The van der Waals surface area contributed by atoms with E-state index in [1.165, 1.54) is 38.5 Å². The number of unbranched alkanes of at least 4 members (excludes halogenated alkanes) is 9. The highest BCUT2D eigenvalue weighted by Gasteiger charge is 2.10. The Bertz CT molecular complexity index is 1150. The van der Waals surface area contributed by atoms with Crippen molar-refractivity contribution < 1.29 is 23.4 Å². The second kappa shape index (κ2) is 15.7. The minimum Gasteiger partial charge on any atom is -0.497 e. The van der Waals surface area contributed by atoms with Crippen LogP contribution in [0.3, 0.4) is 0 Å². The van der Waals surface area contributed by atoms with Crippen molar-refractivity contribution in [3.63, 3.8) is 0 Å². The minimum atomic E-state index is -0.396. The van der Waals surface area contributed by atoms with Crippen LogP contribution in [0, 0.1) is 0 Å². The average Bonchev–Trinajstić information content (AvgIpc) is 2.92. The third-order valence-electron chi connectivity index (χ3n) is 6.33. The third kappa shape index (κ3) is 9.56. The van der Waals surface area contributed by atoms with Crippen LogP contribution in [0.25, 0.3) is 22.1 Å². The lowest BCUT2D eigenvalue weighted by molar-refractivity contribution is -0.143. The molecule has 0 saturated heterocycles. The Kier molecular flexibility index (Phi) is 12.0. The molecule has 1 aromatic carbocycles. The highest BCUT2D eigenvalue weighted by Crippen LogP contribution is 2.24.